The molecule has 5 nitrogen and oxygen atoms in total. The van der Waals surface area contributed by atoms with E-state index in [1.165, 1.54) is 29.7 Å². The number of hydrogen-bond donors (Lipinski definition) is 0. The molecule has 0 spiro atoms. The van der Waals surface area contributed by atoms with Crippen LogP contribution in [-0.4, -0.2) is 26.5 Å². The van der Waals surface area contributed by atoms with Crippen LogP contribution >= 0.6 is 11.3 Å². The number of aromatic nitrogens is 4. The van der Waals surface area contributed by atoms with Crippen molar-refractivity contribution in [2.45, 2.75) is 0 Å². The van der Waals surface area contributed by atoms with Gasteiger partial charge in [0.25, 0.3) is 0 Å². The molecule has 0 fully saturated rings. The average Bonchev–Trinajstić information content (AvgIpc) is 3.04. The van der Waals surface area contributed by atoms with Crippen LogP contribution in [-0.2, 0) is 0 Å². The van der Waals surface area contributed by atoms with Gasteiger partial charge in [0, 0.05) is 24.5 Å². The minimum absolute atomic E-state index is 0.326. The Morgan fingerprint density at radius 1 is 1.19 bits per heavy atom. The highest BCUT2D eigenvalue weighted by atomic mass is 32.1. The number of imidazole rings is 1. The molecular formula is C14H9FN4OS. The highest BCUT2D eigenvalue weighted by Crippen LogP contribution is 2.29. The van der Waals surface area contributed by atoms with Crippen LogP contribution in [0.5, 0.6) is 5.88 Å². The second kappa shape index (κ2) is 4.49. The van der Waals surface area contributed by atoms with Crippen molar-refractivity contribution in [3.63, 3.8) is 0 Å². The number of nitrogens with zero attached hydrogens (tertiary/aromatic N) is 4. The molecule has 0 aromatic carbocycles. The summed E-state index contributed by atoms with van der Waals surface area (Å²) in [4.78, 5) is 14.6. The summed E-state index contributed by atoms with van der Waals surface area (Å²) in [6.07, 6.45) is 3.27. The minimum atomic E-state index is -0.326. The normalized spacial score (nSPS) is 11.3. The summed E-state index contributed by atoms with van der Waals surface area (Å²) in [5.74, 6) is 0.242. The van der Waals surface area contributed by atoms with Gasteiger partial charge in [-0.3, -0.25) is 9.38 Å². The zero-order valence-electron chi connectivity index (χ0n) is 10.9. The Labute approximate surface area is 122 Å². The minimum Gasteiger partial charge on any atom is -0.481 e. The molecule has 4 rings (SSSR count). The predicted molar refractivity (Wildman–Crippen MR) is 78.1 cm³/mol. The summed E-state index contributed by atoms with van der Waals surface area (Å²) in [6, 6.07) is 6.41. The number of fused-ring (bicyclic) bond motifs is 3. The fourth-order valence-electron chi connectivity index (χ4n) is 2.15. The quantitative estimate of drug-likeness (QED) is 0.570. The van der Waals surface area contributed by atoms with Crippen molar-refractivity contribution in [1.82, 2.24) is 19.4 Å². The van der Waals surface area contributed by atoms with E-state index in [0.717, 1.165) is 15.3 Å². The van der Waals surface area contributed by atoms with E-state index in [4.69, 9.17) is 4.74 Å². The molecule has 0 aliphatic carbocycles. The van der Waals surface area contributed by atoms with Crippen molar-refractivity contribution >= 4 is 26.6 Å². The fourth-order valence-corrected chi connectivity index (χ4v) is 3.12. The molecule has 0 saturated heterocycles. The van der Waals surface area contributed by atoms with Crippen molar-refractivity contribution in [2.24, 2.45) is 0 Å². The molecule has 0 amide bonds. The van der Waals surface area contributed by atoms with Gasteiger partial charge >= 0.3 is 0 Å². The monoisotopic (exact) mass is 300 g/mol. The van der Waals surface area contributed by atoms with Crippen molar-refractivity contribution in [3.05, 3.63) is 42.5 Å². The van der Waals surface area contributed by atoms with Crippen LogP contribution < -0.4 is 4.74 Å². The van der Waals surface area contributed by atoms with E-state index in [1.807, 2.05) is 16.7 Å². The van der Waals surface area contributed by atoms with Gasteiger partial charge in [0.2, 0.25) is 5.88 Å². The van der Waals surface area contributed by atoms with Crippen LogP contribution in [0.25, 0.3) is 26.7 Å². The molecule has 4 heterocycles. The zero-order valence-corrected chi connectivity index (χ0v) is 11.8. The summed E-state index contributed by atoms with van der Waals surface area (Å²) in [6.45, 7) is 0. The van der Waals surface area contributed by atoms with Crippen molar-refractivity contribution in [3.8, 4) is 17.3 Å². The molecule has 4 aromatic rings. The van der Waals surface area contributed by atoms with E-state index < -0.39 is 0 Å². The molecule has 0 atom stereocenters. The first-order valence-electron chi connectivity index (χ1n) is 6.19. The van der Waals surface area contributed by atoms with Crippen molar-refractivity contribution in [2.75, 3.05) is 7.11 Å². The van der Waals surface area contributed by atoms with Crippen LogP contribution in [0.15, 0.2) is 36.7 Å². The van der Waals surface area contributed by atoms with Gasteiger partial charge in [-0.15, -0.1) is 0 Å². The van der Waals surface area contributed by atoms with Gasteiger partial charge in [0.1, 0.15) is 16.3 Å². The Kier molecular flexibility index (Phi) is 2.61. The predicted octanol–water partition coefficient (Wildman–Crippen LogP) is 3.15. The Hall–Kier alpha value is -2.54. The maximum absolute atomic E-state index is 13.3. The van der Waals surface area contributed by atoms with Gasteiger partial charge in [-0.05, 0) is 12.1 Å². The Balaban J connectivity index is 1.91. The zero-order chi connectivity index (χ0) is 14.4. The lowest BCUT2D eigenvalue weighted by Crippen LogP contribution is -1.87. The number of halogens is 1. The van der Waals surface area contributed by atoms with Gasteiger partial charge in [0.05, 0.1) is 18.3 Å². The molecule has 0 aliphatic heterocycles. The lowest BCUT2D eigenvalue weighted by atomic mass is 10.3. The topological polar surface area (TPSA) is 52.3 Å². The molecular weight excluding hydrogens is 291 g/mol. The molecule has 0 N–H and O–H groups in total. The highest BCUT2D eigenvalue weighted by Gasteiger charge is 2.12. The van der Waals surface area contributed by atoms with Gasteiger partial charge < -0.3 is 4.74 Å². The second-order valence-electron chi connectivity index (χ2n) is 4.42. The third-order valence-electron chi connectivity index (χ3n) is 3.13. The summed E-state index contributed by atoms with van der Waals surface area (Å²) >= 11 is 1.45. The molecule has 0 radical (unpaired) electrons. The molecule has 4 aromatic heterocycles. The van der Waals surface area contributed by atoms with E-state index in [2.05, 4.69) is 15.0 Å². The van der Waals surface area contributed by atoms with Gasteiger partial charge in [0.15, 0.2) is 4.96 Å². The molecule has 104 valence electrons. The van der Waals surface area contributed by atoms with E-state index in [0.29, 0.717) is 17.3 Å². The van der Waals surface area contributed by atoms with Crippen LogP contribution in [0.2, 0.25) is 0 Å². The fraction of sp³-hybridized carbons (Fsp3) is 0.0714. The maximum atomic E-state index is 13.3. The van der Waals surface area contributed by atoms with Crippen molar-refractivity contribution in [1.29, 1.82) is 0 Å². The molecule has 0 aliphatic rings. The summed E-state index contributed by atoms with van der Waals surface area (Å²) in [5, 5.41) is 0. The Morgan fingerprint density at radius 2 is 2.10 bits per heavy atom. The average molecular weight is 300 g/mol. The summed E-state index contributed by atoms with van der Waals surface area (Å²) in [7, 11) is 1.58. The molecule has 7 heteroatoms. The largest absolute Gasteiger partial charge is 0.481 e. The van der Waals surface area contributed by atoms with Crippen LogP contribution in [0.3, 0.4) is 0 Å². The third kappa shape index (κ3) is 1.93. The van der Waals surface area contributed by atoms with Gasteiger partial charge in [-0.25, -0.2) is 14.4 Å². The van der Waals surface area contributed by atoms with Crippen LogP contribution in [0.1, 0.15) is 0 Å². The van der Waals surface area contributed by atoms with E-state index in [-0.39, 0.29) is 5.82 Å². The van der Waals surface area contributed by atoms with Crippen LogP contribution in [0.4, 0.5) is 4.39 Å². The Bertz CT molecular complexity index is 962. The summed E-state index contributed by atoms with van der Waals surface area (Å²) in [5.41, 5.74) is 2.09. The van der Waals surface area contributed by atoms with E-state index >= 15 is 0 Å². The van der Waals surface area contributed by atoms with Gasteiger partial charge in [-0.1, -0.05) is 11.3 Å². The van der Waals surface area contributed by atoms with Crippen molar-refractivity contribution < 1.29 is 9.13 Å². The van der Waals surface area contributed by atoms with E-state index in [9.17, 15) is 4.39 Å². The number of ether oxygens (including phenoxy) is 1. The number of methoxy groups -OCH3 is 1. The van der Waals surface area contributed by atoms with E-state index in [1.54, 1.807) is 13.2 Å². The molecule has 0 bridgehead atoms. The van der Waals surface area contributed by atoms with Gasteiger partial charge in [-0.2, -0.15) is 0 Å². The second-order valence-corrected chi connectivity index (χ2v) is 5.37. The Morgan fingerprint density at radius 3 is 2.90 bits per heavy atom. The lowest BCUT2D eigenvalue weighted by Gasteiger charge is -1.97. The SMILES string of the molecule is COc1ccc2c(n1)sc1nc(-c3cc(F)ccn3)cn12. The molecule has 0 saturated carbocycles. The lowest BCUT2D eigenvalue weighted by molar-refractivity contribution is 0.400. The number of rotatable bonds is 2. The molecule has 0 unspecified atom stereocenters. The molecule has 21 heavy (non-hydrogen) atoms. The number of hydrogen-bond acceptors (Lipinski definition) is 5. The highest BCUT2D eigenvalue weighted by molar-refractivity contribution is 7.23. The standard InChI is InChI=1S/C14H9FN4OS/c1-20-12-3-2-11-13(18-12)21-14-17-10(7-19(11)14)9-6-8(15)4-5-16-9/h2-7H,1H3. The number of pyridine rings is 2. The summed E-state index contributed by atoms with van der Waals surface area (Å²) < 4.78 is 20.3. The number of thiazole rings is 1. The van der Waals surface area contributed by atoms with Crippen LogP contribution in [0, 0.1) is 5.82 Å². The third-order valence-corrected chi connectivity index (χ3v) is 4.09. The smallest absolute Gasteiger partial charge is 0.214 e. The first kappa shape index (κ1) is 12.2. The maximum Gasteiger partial charge on any atom is 0.214 e. The first-order valence-corrected chi connectivity index (χ1v) is 7.01. The first-order chi connectivity index (χ1) is 10.2.